The van der Waals surface area contributed by atoms with Crippen molar-refractivity contribution in [3.05, 3.63) is 57.6 Å². The van der Waals surface area contributed by atoms with Crippen LogP contribution in [0, 0.1) is 6.92 Å². The minimum Gasteiger partial charge on any atom is -0.379 e. The quantitative estimate of drug-likeness (QED) is 0.807. The highest BCUT2D eigenvalue weighted by Gasteiger charge is 2.27. The third kappa shape index (κ3) is 4.62. The summed E-state index contributed by atoms with van der Waals surface area (Å²) in [6, 6.07) is 9.20. The summed E-state index contributed by atoms with van der Waals surface area (Å²) < 4.78 is 32.2. The molecule has 0 spiro atoms. The Kier molecular flexibility index (Phi) is 6.08. The van der Waals surface area contributed by atoms with E-state index in [9.17, 15) is 13.2 Å². The maximum absolute atomic E-state index is 12.8. The second-order valence-corrected chi connectivity index (χ2v) is 8.92. The van der Waals surface area contributed by atoms with Gasteiger partial charge in [-0.15, -0.1) is 0 Å². The van der Waals surface area contributed by atoms with Gasteiger partial charge in [0.2, 0.25) is 10.0 Å². The van der Waals surface area contributed by atoms with E-state index in [1.165, 1.54) is 16.4 Å². The zero-order valence-corrected chi connectivity index (χ0v) is 16.9. The largest absolute Gasteiger partial charge is 0.379 e. The van der Waals surface area contributed by atoms with E-state index < -0.39 is 15.9 Å². The second kappa shape index (κ2) is 8.16. The average molecular weight is 429 g/mol. The molecule has 0 aromatic heterocycles. The standard InChI is InChI=1S/C18H18Cl2N2O4S/c1-12-2-3-16(27(24,25)22-4-6-26-7-5-22)11-17(12)18(23)21-15-9-13(19)8-14(20)10-15/h2-3,8-11H,4-7H2,1H3,(H,21,23). The summed E-state index contributed by atoms with van der Waals surface area (Å²) in [7, 11) is -3.69. The van der Waals surface area contributed by atoms with E-state index in [-0.39, 0.29) is 10.5 Å². The number of anilines is 1. The fourth-order valence-electron chi connectivity index (χ4n) is 2.77. The number of aryl methyl sites for hydroxylation is 1. The molecular formula is C18H18Cl2N2O4S. The first-order valence-electron chi connectivity index (χ1n) is 8.23. The van der Waals surface area contributed by atoms with Crippen molar-refractivity contribution in [2.24, 2.45) is 0 Å². The van der Waals surface area contributed by atoms with Gasteiger partial charge in [-0.25, -0.2) is 8.42 Å². The molecule has 0 saturated carbocycles. The fraction of sp³-hybridized carbons (Fsp3) is 0.278. The van der Waals surface area contributed by atoms with Crippen LogP contribution in [-0.4, -0.2) is 44.9 Å². The highest BCUT2D eigenvalue weighted by atomic mass is 35.5. The molecule has 1 aliphatic rings. The number of carbonyl (C=O) groups is 1. The first kappa shape index (κ1) is 20.1. The monoisotopic (exact) mass is 428 g/mol. The Labute approximate surface area is 168 Å². The van der Waals surface area contributed by atoms with Gasteiger partial charge in [-0.2, -0.15) is 4.31 Å². The number of nitrogens with zero attached hydrogens (tertiary/aromatic N) is 1. The molecule has 9 heteroatoms. The van der Waals surface area contributed by atoms with Gasteiger partial charge in [0.05, 0.1) is 18.1 Å². The third-order valence-corrected chi connectivity index (χ3v) is 6.51. The van der Waals surface area contributed by atoms with Crippen LogP contribution in [0.15, 0.2) is 41.3 Å². The number of nitrogens with one attached hydrogen (secondary N) is 1. The maximum Gasteiger partial charge on any atom is 0.255 e. The number of carbonyl (C=O) groups excluding carboxylic acids is 1. The van der Waals surface area contributed by atoms with Crippen LogP contribution in [0.3, 0.4) is 0 Å². The topological polar surface area (TPSA) is 75.7 Å². The molecule has 0 radical (unpaired) electrons. The van der Waals surface area contributed by atoms with Crippen LogP contribution in [0.2, 0.25) is 10.0 Å². The maximum atomic E-state index is 12.8. The SMILES string of the molecule is Cc1ccc(S(=O)(=O)N2CCOCC2)cc1C(=O)Nc1cc(Cl)cc(Cl)c1. The van der Waals surface area contributed by atoms with E-state index in [4.69, 9.17) is 27.9 Å². The molecule has 27 heavy (non-hydrogen) atoms. The summed E-state index contributed by atoms with van der Waals surface area (Å²) in [6.07, 6.45) is 0. The van der Waals surface area contributed by atoms with Crippen molar-refractivity contribution in [3.63, 3.8) is 0 Å². The smallest absolute Gasteiger partial charge is 0.255 e. The summed E-state index contributed by atoms with van der Waals surface area (Å²) >= 11 is 11.9. The normalized spacial score (nSPS) is 15.5. The molecule has 1 N–H and O–H groups in total. The van der Waals surface area contributed by atoms with Crippen molar-refractivity contribution < 1.29 is 17.9 Å². The fourth-order valence-corrected chi connectivity index (χ4v) is 4.73. The molecule has 2 aromatic rings. The van der Waals surface area contributed by atoms with Gasteiger partial charge in [0, 0.05) is 34.4 Å². The highest BCUT2D eigenvalue weighted by Crippen LogP contribution is 2.25. The third-order valence-electron chi connectivity index (χ3n) is 4.18. The van der Waals surface area contributed by atoms with Crippen LogP contribution in [-0.2, 0) is 14.8 Å². The molecule has 3 rings (SSSR count). The Morgan fingerprint density at radius 2 is 1.70 bits per heavy atom. The van der Waals surface area contributed by atoms with Gasteiger partial charge >= 0.3 is 0 Å². The first-order chi connectivity index (χ1) is 12.8. The lowest BCUT2D eigenvalue weighted by atomic mass is 10.1. The van der Waals surface area contributed by atoms with Gasteiger partial charge in [0.15, 0.2) is 0 Å². The van der Waals surface area contributed by atoms with E-state index in [0.29, 0.717) is 47.6 Å². The van der Waals surface area contributed by atoms with Gasteiger partial charge in [0.1, 0.15) is 0 Å². The predicted octanol–water partition coefficient (Wildman–Crippen LogP) is 3.58. The Morgan fingerprint density at radius 1 is 1.07 bits per heavy atom. The number of halogens is 2. The summed E-state index contributed by atoms with van der Waals surface area (Å²) in [6.45, 7) is 3.03. The number of morpholine rings is 1. The molecule has 0 aliphatic carbocycles. The van der Waals surface area contributed by atoms with Crippen molar-refractivity contribution in [3.8, 4) is 0 Å². The van der Waals surface area contributed by atoms with Crippen LogP contribution in [0.4, 0.5) is 5.69 Å². The molecule has 1 aliphatic heterocycles. The molecule has 6 nitrogen and oxygen atoms in total. The van der Waals surface area contributed by atoms with Gasteiger partial charge < -0.3 is 10.1 Å². The van der Waals surface area contributed by atoms with E-state index >= 15 is 0 Å². The zero-order chi connectivity index (χ0) is 19.6. The minimum absolute atomic E-state index is 0.0734. The molecule has 2 aromatic carbocycles. The lowest BCUT2D eigenvalue weighted by molar-refractivity contribution is 0.0730. The summed E-state index contributed by atoms with van der Waals surface area (Å²) in [4.78, 5) is 12.8. The summed E-state index contributed by atoms with van der Waals surface area (Å²) in [5, 5.41) is 3.48. The van der Waals surface area contributed by atoms with Crippen molar-refractivity contribution in [2.75, 3.05) is 31.6 Å². The molecule has 144 valence electrons. The van der Waals surface area contributed by atoms with Crippen molar-refractivity contribution in [1.29, 1.82) is 0 Å². The van der Waals surface area contributed by atoms with Crippen LogP contribution in [0.1, 0.15) is 15.9 Å². The Bertz CT molecular complexity index is 953. The minimum atomic E-state index is -3.69. The van der Waals surface area contributed by atoms with E-state index in [2.05, 4.69) is 5.32 Å². The van der Waals surface area contributed by atoms with Crippen LogP contribution >= 0.6 is 23.2 Å². The van der Waals surface area contributed by atoms with Crippen LogP contribution in [0.25, 0.3) is 0 Å². The van der Waals surface area contributed by atoms with Crippen LogP contribution in [0.5, 0.6) is 0 Å². The van der Waals surface area contributed by atoms with Crippen molar-refractivity contribution >= 4 is 44.8 Å². The molecular weight excluding hydrogens is 411 g/mol. The van der Waals surface area contributed by atoms with E-state index in [1.54, 1.807) is 31.2 Å². The molecule has 1 heterocycles. The molecule has 1 saturated heterocycles. The zero-order valence-electron chi connectivity index (χ0n) is 14.5. The molecule has 0 unspecified atom stereocenters. The number of rotatable bonds is 4. The van der Waals surface area contributed by atoms with Crippen molar-refractivity contribution in [1.82, 2.24) is 4.31 Å². The molecule has 0 atom stereocenters. The second-order valence-electron chi connectivity index (χ2n) is 6.11. The summed E-state index contributed by atoms with van der Waals surface area (Å²) in [5.74, 6) is -0.440. The van der Waals surface area contributed by atoms with E-state index in [1.807, 2.05) is 0 Å². The lowest BCUT2D eigenvalue weighted by Crippen LogP contribution is -2.40. The first-order valence-corrected chi connectivity index (χ1v) is 10.4. The number of ether oxygens (including phenoxy) is 1. The van der Waals surface area contributed by atoms with Gasteiger partial charge in [-0.3, -0.25) is 4.79 Å². The highest BCUT2D eigenvalue weighted by molar-refractivity contribution is 7.89. The Balaban J connectivity index is 1.89. The predicted molar refractivity (Wildman–Crippen MR) is 105 cm³/mol. The number of hydrogen-bond acceptors (Lipinski definition) is 4. The molecule has 1 fully saturated rings. The van der Waals surface area contributed by atoms with Gasteiger partial charge in [-0.1, -0.05) is 29.3 Å². The van der Waals surface area contributed by atoms with Crippen LogP contribution < -0.4 is 5.32 Å². The lowest BCUT2D eigenvalue weighted by Gasteiger charge is -2.26. The number of sulfonamides is 1. The number of amides is 1. The van der Waals surface area contributed by atoms with Gasteiger partial charge in [0.25, 0.3) is 5.91 Å². The average Bonchev–Trinajstić information content (AvgIpc) is 2.61. The number of hydrogen-bond donors (Lipinski definition) is 1. The number of benzene rings is 2. The van der Waals surface area contributed by atoms with Gasteiger partial charge in [-0.05, 0) is 42.8 Å². The Morgan fingerprint density at radius 3 is 2.33 bits per heavy atom. The molecule has 1 amide bonds. The van der Waals surface area contributed by atoms with Crippen molar-refractivity contribution in [2.45, 2.75) is 11.8 Å². The van der Waals surface area contributed by atoms with E-state index in [0.717, 1.165) is 0 Å². The Hall–Kier alpha value is -1.64. The summed E-state index contributed by atoms with van der Waals surface area (Å²) in [5.41, 5.74) is 1.35. The molecule has 0 bridgehead atoms.